The summed E-state index contributed by atoms with van der Waals surface area (Å²) in [7, 11) is 0. The van der Waals surface area contributed by atoms with Crippen molar-refractivity contribution in [3.63, 3.8) is 0 Å². The smallest absolute Gasteiger partial charge is 0.0381 e. The molecule has 0 radical (unpaired) electrons. The Kier molecular flexibility index (Phi) is 2.32. The minimum atomic E-state index is 1.17. The van der Waals surface area contributed by atoms with Crippen molar-refractivity contribution >= 4 is 5.69 Å². The number of rotatable bonds is 2. The topological polar surface area (TPSA) is 12.0 Å². The number of allylic oxidation sites excluding steroid dienone is 4. The Morgan fingerprint density at radius 1 is 0.938 bits per heavy atom. The molecule has 0 aromatic heterocycles. The third kappa shape index (κ3) is 1.78. The highest BCUT2D eigenvalue weighted by molar-refractivity contribution is 5.52. The SMILES string of the molecule is Cc1ccc(NC2=CC3=C(CC2)CC3)cc1. The molecule has 0 amide bonds. The summed E-state index contributed by atoms with van der Waals surface area (Å²) in [5.74, 6) is 0. The van der Waals surface area contributed by atoms with Gasteiger partial charge in [0.25, 0.3) is 0 Å². The number of hydrogen-bond donors (Lipinski definition) is 1. The molecule has 82 valence electrons. The molecule has 0 heterocycles. The Bertz CT molecular complexity index is 463. The second-order valence-electron chi connectivity index (χ2n) is 4.79. The first-order chi connectivity index (χ1) is 7.81. The Labute approximate surface area is 96.9 Å². The van der Waals surface area contributed by atoms with Crippen LogP contribution in [0.3, 0.4) is 0 Å². The second-order valence-corrected chi connectivity index (χ2v) is 4.79. The maximum atomic E-state index is 3.52. The van der Waals surface area contributed by atoms with E-state index in [0.717, 1.165) is 0 Å². The van der Waals surface area contributed by atoms with Crippen molar-refractivity contribution in [1.29, 1.82) is 0 Å². The molecule has 1 aromatic carbocycles. The number of benzene rings is 1. The molecule has 1 nitrogen and oxygen atoms in total. The van der Waals surface area contributed by atoms with Gasteiger partial charge in [0.2, 0.25) is 0 Å². The predicted octanol–water partition coefficient (Wildman–Crippen LogP) is 4.18. The van der Waals surface area contributed by atoms with Gasteiger partial charge in [0.1, 0.15) is 0 Å². The lowest BCUT2D eigenvalue weighted by Crippen LogP contribution is -2.12. The highest BCUT2D eigenvalue weighted by Gasteiger charge is 2.19. The van der Waals surface area contributed by atoms with Crippen molar-refractivity contribution in [3.05, 3.63) is 52.7 Å². The number of hydrogen-bond acceptors (Lipinski definition) is 1. The average Bonchev–Trinajstić information content (AvgIpc) is 2.26. The molecule has 0 atom stereocenters. The standard InChI is InChI=1S/C15H17N/c1-11-2-7-14(8-3-11)16-15-9-6-12-4-5-13(12)10-15/h2-3,7-8,10,16H,4-6,9H2,1H3. The molecule has 0 aliphatic heterocycles. The summed E-state index contributed by atoms with van der Waals surface area (Å²) in [5.41, 5.74) is 7.17. The number of nitrogens with one attached hydrogen (secondary N) is 1. The van der Waals surface area contributed by atoms with Gasteiger partial charge in [-0.2, -0.15) is 0 Å². The van der Waals surface area contributed by atoms with Gasteiger partial charge in [-0.05, 0) is 56.4 Å². The molecule has 1 N–H and O–H groups in total. The molecule has 0 spiro atoms. The average molecular weight is 211 g/mol. The van der Waals surface area contributed by atoms with Crippen LogP contribution < -0.4 is 5.32 Å². The molecule has 1 aromatic rings. The van der Waals surface area contributed by atoms with Crippen LogP contribution in [0.5, 0.6) is 0 Å². The quantitative estimate of drug-likeness (QED) is 0.774. The van der Waals surface area contributed by atoms with Crippen molar-refractivity contribution in [2.45, 2.75) is 32.6 Å². The van der Waals surface area contributed by atoms with E-state index in [9.17, 15) is 0 Å². The van der Waals surface area contributed by atoms with E-state index < -0.39 is 0 Å². The summed E-state index contributed by atoms with van der Waals surface area (Å²) in [6.45, 7) is 2.12. The monoisotopic (exact) mass is 211 g/mol. The summed E-state index contributed by atoms with van der Waals surface area (Å²) in [5, 5.41) is 3.52. The van der Waals surface area contributed by atoms with Crippen molar-refractivity contribution in [2.24, 2.45) is 0 Å². The summed E-state index contributed by atoms with van der Waals surface area (Å²) in [6, 6.07) is 8.61. The molecule has 1 heteroatoms. The number of anilines is 1. The first-order valence-corrected chi connectivity index (χ1v) is 6.06. The molecule has 2 aliphatic rings. The summed E-state index contributed by atoms with van der Waals surface area (Å²) in [6.07, 6.45) is 7.41. The van der Waals surface area contributed by atoms with Gasteiger partial charge in [-0.15, -0.1) is 0 Å². The van der Waals surface area contributed by atoms with E-state index in [0.29, 0.717) is 0 Å². The van der Waals surface area contributed by atoms with Crippen LogP contribution in [-0.2, 0) is 0 Å². The van der Waals surface area contributed by atoms with Crippen LogP contribution in [0.2, 0.25) is 0 Å². The van der Waals surface area contributed by atoms with Crippen LogP contribution in [0.15, 0.2) is 47.2 Å². The molecule has 2 aliphatic carbocycles. The number of aryl methyl sites for hydroxylation is 1. The summed E-state index contributed by atoms with van der Waals surface area (Å²) in [4.78, 5) is 0. The van der Waals surface area contributed by atoms with E-state index in [1.165, 1.54) is 42.6 Å². The Morgan fingerprint density at radius 2 is 1.69 bits per heavy atom. The molecule has 16 heavy (non-hydrogen) atoms. The van der Waals surface area contributed by atoms with Crippen molar-refractivity contribution < 1.29 is 0 Å². The minimum Gasteiger partial charge on any atom is -0.359 e. The van der Waals surface area contributed by atoms with E-state index in [-0.39, 0.29) is 0 Å². The fraction of sp³-hybridized carbons (Fsp3) is 0.333. The van der Waals surface area contributed by atoms with Gasteiger partial charge in [-0.25, -0.2) is 0 Å². The highest BCUT2D eigenvalue weighted by atomic mass is 14.9. The van der Waals surface area contributed by atoms with Gasteiger partial charge in [0.15, 0.2) is 0 Å². The first-order valence-electron chi connectivity index (χ1n) is 6.06. The van der Waals surface area contributed by atoms with Crippen LogP contribution in [0.4, 0.5) is 5.69 Å². The molecule has 0 unspecified atom stereocenters. The fourth-order valence-corrected chi connectivity index (χ4v) is 2.39. The van der Waals surface area contributed by atoms with Crippen molar-refractivity contribution in [2.75, 3.05) is 5.32 Å². The molecular formula is C15H17N. The Hall–Kier alpha value is -1.50. The lowest BCUT2D eigenvalue weighted by Gasteiger charge is -2.27. The van der Waals surface area contributed by atoms with E-state index >= 15 is 0 Å². The maximum absolute atomic E-state index is 3.52. The van der Waals surface area contributed by atoms with Crippen LogP contribution in [0.1, 0.15) is 31.2 Å². The van der Waals surface area contributed by atoms with Gasteiger partial charge < -0.3 is 5.32 Å². The zero-order valence-electron chi connectivity index (χ0n) is 9.72. The second kappa shape index (κ2) is 3.82. The highest BCUT2D eigenvalue weighted by Crippen LogP contribution is 2.37. The van der Waals surface area contributed by atoms with Crippen LogP contribution in [0, 0.1) is 6.92 Å². The molecule has 0 saturated carbocycles. The van der Waals surface area contributed by atoms with Crippen LogP contribution in [-0.4, -0.2) is 0 Å². The zero-order chi connectivity index (χ0) is 11.0. The van der Waals surface area contributed by atoms with E-state index in [1.807, 2.05) is 0 Å². The summed E-state index contributed by atoms with van der Waals surface area (Å²) < 4.78 is 0. The minimum absolute atomic E-state index is 1.17. The van der Waals surface area contributed by atoms with E-state index in [4.69, 9.17) is 0 Å². The largest absolute Gasteiger partial charge is 0.359 e. The van der Waals surface area contributed by atoms with Crippen LogP contribution in [0.25, 0.3) is 0 Å². The van der Waals surface area contributed by atoms with E-state index in [1.54, 1.807) is 11.1 Å². The molecule has 0 fully saturated rings. The first kappa shape index (κ1) is 9.71. The fourth-order valence-electron chi connectivity index (χ4n) is 2.39. The predicted molar refractivity (Wildman–Crippen MR) is 68.4 cm³/mol. The Balaban J connectivity index is 1.76. The molecule has 0 saturated heterocycles. The third-order valence-corrected chi connectivity index (χ3v) is 3.55. The van der Waals surface area contributed by atoms with Gasteiger partial charge >= 0.3 is 0 Å². The Morgan fingerprint density at radius 3 is 2.31 bits per heavy atom. The maximum Gasteiger partial charge on any atom is 0.0381 e. The molecule has 0 bridgehead atoms. The lowest BCUT2D eigenvalue weighted by molar-refractivity contribution is 0.719. The van der Waals surface area contributed by atoms with Crippen molar-refractivity contribution in [1.82, 2.24) is 0 Å². The summed E-state index contributed by atoms with van der Waals surface area (Å²) >= 11 is 0. The van der Waals surface area contributed by atoms with Crippen molar-refractivity contribution in [3.8, 4) is 0 Å². The van der Waals surface area contributed by atoms with Crippen LogP contribution >= 0.6 is 0 Å². The zero-order valence-corrected chi connectivity index (χ0v) is 9.72. The van der Waals surface area contributed by atoms with Gasteiger partial charge in [-0.1, -0.05) is 23.3 Å². The van der Waals surface area contributed by atoms with Gasteiger partial charge in [-0.3, -0.25) is 0 Å². The lowest BCUT2D eigenvalue weighted by atomic mass is 9.81. The molecule has 3 rings (SSSR count). The molecular weight excluding hydrogens is 194 g/mol. The van der Waals surface area contributed by atoms with Gasteiger partial charge in [0.05, 0.1) is 0 Å². The van der Waals surface area contributed by atoms with Gasteiger partial charge in [0, 0.05) is 11.4 Å². The normalized spacial score (nSPS) is 18.7. The third-order valence-electron chi connectivity index (χ3n) is 3.55. The van der Waals surface area contributed by atoms with E-state index in [2.05, 4.69) is 42.6 Å².